The van der Waals surface area contributed by atoms with Crippen LogP contribution in [0.5, 0.6) is 5.75 Å². The number of carbonyl (C=O) groups is 2. The van der Waals surface area contributed by atoms with Crippen molar-refractivity contribution in [3.05, 3.63) is 105 Å². The van der Waals surface area contributed by atoms with Crippen LogP contribution in [0.4, 0.5) is 4.79 Å². The second-order valence-electron chi connectivity index (χ2n) is 11.4. The van der Waals surface area contributed by atoms with Gasteiger partial charge in [-0.05, 0) is 87.4 Å². The number of halogens is 2. The molecule has 0 radical (unpaired) electrons. The van der Waals surface area contributed by atoms with E-state index in [0.29, 0.717) is 38.4 Å². The predicted octanol–water partition coefficient (Wildman–Crippen LogP) is 7.37. The summed E-state index contributed by atoms with van der Waals surface area (Å²) in [5, 5.41) is 8.64. The van der Waals surface area contributed by atoms with E-state index in [0.717, 1.165) is 11.1 Å². The number of benzene rings is 2. The van der Waals surface area contributed by atoms with Crippen molar-refractivity contribution in [1.82, 2.24) is 25.0 Å². The molecule has 1 atom stereocenters. The summed E-state index contributed by atoms with van der Waals surface area (Å²) in [6.07, 6.45) is 3.12. The molecule has 9 nitrogen and oxygen atoms in total. The van der Waals surface area contributed by atoms with Crippen LogP contribution in [0.15, 0.2) is 66.9 Å². The maximum absolute atomic E-state index is 13.9. The van der Waals surface area contributed by atoms with Gasteiger partial charge in [-0.1, -0.05) is 41.4 Å². The number of fused-ring (bicyclic) bond motifs is 1. The van der Waals surface area contributed by atoms with Crippen molar-refractivity contribution < 1.29 is 19.1 Å². The second kappa shape index (κ2) is 12.7. The van der Waals surface area contributed by atoms with E-state index in [1.165, 1.54) is 0 Å². The molecular formula is C33H33Cl2N5O4. The molecule has 1 aliphatic rings. The Morgan fingerprint density at radius 3 is 2.43 bits per heavy atom. The van der Waals surface area contributed by atoms with E-state index < -0.39 is 23.6 Å². The Hall–Kier alpha value is -4.34. The van der Waals surface area contributed by atoms with E-state index in [9.17, 15) is 9.59 Å². The minimum atomic E-state index is -0.712. The third kappa shape index (κ3) is 6.90. The average Bonchev–Trinajstić information content (AvgIpc) is 3.37. The number of hydrogen-bond donors (Lipinski definition) is 1. The van der Waals surface area contributed by atoms with Gasteiger partial charge in [-0.15, -0.1) is 0 Å². The van der Waals surface area contributed by atoms with Crippen LogP contribution in [0.1, 0.15) is 66.7 Å². The first-order valence-corrected chi connectivity index (χ1v) is 14.8. The van der Waals surface area contributed by atoms with Crippen LogP contribution in [0.25, 0.3) is 17.3 Å². The Bertz CT molecular complexity index is 1710. The molecule has 2 amide bonds. The molecule has 228 valence electrons. The summed E-state index contributed by atoms with van der Waals surface area (Å²) in [6.45, 7) is 7.58. The van der Waals surface area contributed by atoms with Gasteiger partial charge in [0.15, 0.2) is 5.69 Å². The Balaban J connectivity index is 1.67. The zero-order valence-corrected chi connectivity index (χ0v) is 26.6. The van der Waals surface area contributed by atoms with Gasteiger partial charge in [0.05, 0.1) is 48.3 Å². The summed E-state index contributed by atoms with van der Waals surface area (Å²) in [4.78, 5) is 33.2. The minimum Gasteiger partial charge on any atom is -0.497 e. The van der Waals surface area contributed by atoms with Crippen LogP contribution in [0.3, 0.4) is 0 Å². The van der Waals surface area contributed by atoms with E-state index >= 15 is 0 Å². The third-order valence-electron chi connectivity index (χ3n) is 6.94. The maximum Gasteiger partial charge on any atom is 0.410 e. The number of amides is 2. The van der Waals surface area contributed by atoms with Crippen LogP contribution in [-0.2, 0) is 11.3 Å². The van der Waals surface area contributed by atoms with Crippen molar-refractivity contribution in [2.24, 2.45) is 0 Å². The minimum absolute atomic E-state index is 0.0934. The van der Waals surface area contributed by atoms with Crippen molar-refractivity contribution in [3.8, 4) is 11.4 Å². The topological polar surface area (TPSA) is 98.6 Å². The summed E-state index contributed by atoms with van der Waals surface area (Å²) < 4.78 is 12.7. The summed E-state index contributed by atoms with van der Waals surface area (Å²) in [7, 11) is 1.61. The van der Waals surface area contributed by atoms with E-state index in [4.69, 9.17) is 37.8 Å². The number of hydrogen-bond acceptors (Lipinski definition) is 6. The van der Waals surface area contributed by atoms with Crippen molar-refractivity contribution in [1.29, 1.82) is 0 Å². The Morgan fingerprint density at radius 1 is 1.05 bits per heavy atom. The van der Waals surface area contributed by atoms with E-state index in [1.807, 2.05) is 76.2 Å². The molecule has 5 rings (SSSR count). The highest BCUT2D eigenvalue weighted by Gasteiger charge is 2.36. The fraction of sp³-hybridized carbons (Fsp3) is 0.273. The SMILES string of the molecule is COc1ccc(/C=C2\CN(C(=O)OC(C)(C)C)Cc3c(C(=O)NC(C)c4ccccn4)nn(-c4ccc(Cl)cc4Cl)c32)cc1. The maximum atomic E-state index is 13.9. The number of nitrogens with one attached hydrogen (secondary N) is 1. The van der Waals surface area contributed by atoms with Crippen molar-refractivity contribution in [2.75, 3.05) is 13.7 Å². The monoisotopic (exact) mass is 633 g/mol. The summed E-state index contributed by atoms with van der Waals surface area (Å²) >= 11 is 12.9. The first kappa shape index (κ1) is 31.1. The molecule has 2 aromatic heterocycles. The molecule has 2 aromatic carbocycles. The van der Waals surface area contributed by atoms with Crippen molar-refractivity contribution in [2.45, 2.75) is 45.9 Å². The largest absolute Gasteiger partial charge is 0.497 e. The highest BCUT2D eigenvalue weighted by atomic mass is 35.5. The number of pyridine rings is 1. The number of methoxy groups -OCH3 is 1. The molecule has 1 N–H and O–H groups in total. The lowest BCUT2D eigenvalue weighted by molar-refractivity contribution is 0.0254. The van der Waals surface area contributed by atoms with Crippen LogP contribution in [0, 0.1) is 0 Å². The van der Waals surface area contributed by atoms with Crippen molar-refractivity contribution in [3.63, 3.8) is 0 Å². The average molecular weight is 635 g/mol. The zero-order chi connectivity index (χ0) is 31.6. The van der Waals surface area contributed by atoms with Gasteiger partial charge in [-0.25, -0.2) is 9.48 Å². The Kier molecular flexibility index (Phi) is 8.99. The molecule has 0 aliphatic carbocycles. The molecule has 0 bridgehead atoms. The smallest absolute Gasteiger partial charge is 0.410 e. The second-order valence-corrected chi connectivity index (χ2v) is 12.3. The van der Waals surface area contributed by atoms with Gasteiger partial charge in [0, 0.05) is 16.8 Å². The number of aromatic nitrogens is 3. The van der Waals surface area contributed by atoms with Gasteiger partial charge in [0.1, 0.15) is 11.4 Å². The van der Waals surface area contributed by atoms with Crippen LogP contribution in [0.2, 0.25) is 10.0 Å². The number of rotatable bonds is 6. The summed E-state index contributed by atoms with van der Waals surface area (Å²) in [6, 6.07) is 17.7. The molecular weight excluding hydrogens is 601 g/mol. The summed E-state index contributed by atoms with van der Waals surface area (Å²) in [5.74, 6) is 0.295. The lowest BCUT2D eigenvalue weighted by Crippen LogP contribution is -2.40. The normalized spacial score (nSPS) is 14.6. The molecule has 0 saturated heterocycles. The standard InChI is InChI=1S/C33H33Cl2N5O4/c1-20(27-8-6-7-15-36-27)37-31(41)29-25-19-39(32(42)44-33(2,3)4)18-22(16-21-9-12-24(43-5)13-10-21)30(25)40(38-29)28-14-11-23(34)17-26(28)35/h6-17,20H,18-19H2,1-5H3,(H,37,41)/b22-16+. The van der Waals surface area contributed by atoms with Gasteiger partial charge < -0.3 is 14.8 Å². The molecule has 0 spiro atoms. The fourth-order valence-corrected chi connectivity index (χ4v) is 5.40. The quantitative estimate of drug-likeness (QED) is 0.238. The highest BCUT2D eigenvalue weighted by Crippen LogP contribution is 2.36. The first-order chi connectivity index (χ1) is 20.9. The zero-order valence-electron chi connectivity index (χ0n) is 25.1. The van der Waals surface area contributed by atoms with Gasteiger partial charge in [-0.2, -0.15) is 5.10 Å². The Labute approximate surface area is 266 Å². The molecule has 44 heavy (non-hydrogen) atoms. The third-order valence-corrected chi connectivity index (χ3v) is 7.48. The molecule has 11 heteroatoms. The number of ether oxygens (including phenoxy) is 2. The number of carbonyl (C=O) groups excluding carboxylic acids is 2. The Morgan fingerprint density at radius 2 is 1.80 bits per heavy atom. The van der Waals surface area contributed by atoms with Crippen LogP contribution in [-0.4, -0.2) is 50.9 Å². The van der Waals surface area contributed by atoms with Gasteiger partial charge in [-0.3, -0.25) is 14.7 Å². The van der Waals surface area contributed by atoms with E-state index in [1.54, 1.807) is 41.1 Å². The van der Waals surface area contributed by atoms with Gasteiger partial charge in [0.25, 0.3) is 5.91 Å². The van der Waals surface area contributed by atoms with Crippen LogP contribution < -0.4 is 10.1 Å². The summed E-state index contributed by atoms with van der Waals surface area (Å²) in [5.41, 5.74) is 3.49. The lowest BCUT2D eigenvalue weighted by atomic mass is 9.97. The van der Waals surface area contributed by atoms with Gasteiger partial charge >= 0.3 is 6.09 Å². The predicted molar refractivity (Wildman–Crippen MR) is 171 cm³/mol. The number of nitrogens with zero attached hydrogens (tertiary/aromatic N) is 4. The lowest BCUT2D eigenvalue weighted by Gasteiger charge is -2.32. The molecule has 3 heterocycles. The van der Waals surface area contributed by atoms with Crippen molar-refractivity contribution >= 4 is 46.9 Å². The fourth-order valence-electron chi connectivity index (χ4n) is 4.91. The van der Waals surface area contributed by atoms with Crippen LogP contribution >= 0.6 is 23.2 Å². The van der Waals surface area contributed by atoms with E-state index in [-0.39, 0.29) is 18.8 Å². The first-order valence-electron chi connectivity index (χ1n) is 14.1. The molecule has 4 aromatic rings. The molecule has 0 saturated carbocycles. The van der Waals surface area contributed by atoms with E-state index in [2.05, 4.69) is 10.3 Å². The highest BCUT2D eigenvalue weighted by molar-refractivity contribution is 6.35. The molecule has 0 fully saturated rings. The molecule has 1 aliphatic heterocycles. The molecule has 1 unspecified atom stereocenters. The van der Waals surface area contributed by atoms with Gasteiger partial charge in [0.2, 0.25) is 0 Å².